The number of pyridine rings is 1. The Bertz CT molecular complexity index is 312. The van der Waals surface area contributed by atoms with Crippen molar-refractivity contribution in [2.24, 2.45) is 0 Å². The van der Waals surface area contributed by atoms with E-state index in [-0.39, 0.29) is 5.91 Å². The van der Waals surface area contributed by atoms with Crippen LogP contribution in [0.5, 0.6) is 0 Å². The van der Waals surface area contributed by atoms with Gasteiger partial charge >= 0.3 is 0 Å². The molecular weight excluding hydrogens is 172 g/mol. The molecule has 0 aliphatic carbocycles. The summed E-state index contributed by atoms with van der Waals surface area (Å²) in [5, 5.41) is 2.54. The van der Waals surface area contributed by atoms with Gasteiger partial charge in [0.25, 0.3) is 0 Å². The summed E-state index contributed by atoms with van der Waals surface area (Å²) in [7, 11) is 1.62. The molecule has 4 heteroatoms. The SMILES string of the molecule is CNC(=O)Cn1ccc(=S)cc1. The summed E-state index contributed by atoms with van der Waals surface area (Å²) >= 11 is 4.90. The third-order valence-corrected chi connectivity index (χ3v) is 1.74. The highest BCUT2D eigenvalue weighted by atomic mass is 32.1. The van der Waals surface area contributed by atoms with E-state index < -0.39 is 0 Å². The molecule has 0 bridgehead atoms. The topological polar surface area (TPSA) is 34.0 Å². The number of rotatable bonds is 2. The standard InChI is InChI=1S/C8H10N2OS/c1-9-8(11)6-10-4-2-7(12)3-5-10/h2-5H,6H2,1H3,(H,9,11). The number of nitrogens with one attached hydrogen (secondary N) is 1. The van der Waals surface area contributed by atoms with Crippen molar-refractivity contribution < 1.29 is 4.79 Å². The zero-order valence-corrected chi connectivity index (χ0v) is 7.60. The molecule has 0 saturated carbocycles. The number of nitrogens with zero attached hydrogens (tertiary/aromatic N) is 1. The van der Waals surface area contributed by atoms with Gasteiger partial charge in [-0.2, -0.15) is 0 Å². The smallest absolute Gasteiger partial charge is 0.239 e. The Morgan fingerprint density at radius 3 is 2.67 bits per heavy atom. The Hall–Kier alpha value is -1.16. The van der Waals surface area contributed by atoms with Gasteiger partial charge in [-0.05, 0) is 12.1 Å². The number of carbonyl (C=O) groups excluding carboxylic acids is 1. The van der Waals surface area contributed by atoms with Crippen LogP contribution in [-0.4, -0.2) is 17.5 Å². The largest absolute Gasteiger partial charge is 0.358 e. The number of hydrogen-bond donors (Lipinski definition) is 1. The fraction of sp³-hybridized carbons (Fsp3) is 0.250. The van der Waals surface area contributed by atoms with Crippen molar-refractivity contribution in [3.63, 3.8) is 0 Å². The van der Waals surface area contributed by atoms with Crippen molar-refractivity contribution in [1.29, 1.82) is 0 Å². The van der Waals surface area contributed by atoms with Crippen LogP contribution in [0, 0.1) is 4.51 Å². The molecule has 0 radical (unpaired) electrons. The molecule has 1 heterocycles. The second-order valence-corrected chi connectivity index (χ2v) is 2.85. The molecule has 0 aliphatic heterocycles. The van der Waals surface area contributed by atoms with E-state index >= 15 is 0 Å². The van der Waals surface area contributed by atoms with Crippen molar-refractivity contribution in [3.05, 3.63) is 29.0 Å². The summed E-state index contributed by atoms with van der Waals surface area (Å²) in [5.74, 6) is -0.0166. The maximum absolute atomic E-state index is 10.9. The van der Waals surface area contributed by atoms with Gasteiger partial charge in [0.15, 0.2) is 0 Å². The van der Waals surface area contributed by atoms with Gasteiger partial charge in [0.2, 0.25) is 5.91 Å². The van der Waals surface area contributed by atoms with Crippen LogP contribution < -0.4 is 5.32 Å². The van der Waals surface area contributed by atoms with Crippen LogP contribution in [0.3, 0.4) is 0 Å². The van der Waals surface area contributed by atoms with E-state index in [1.807, 2.05) is 0 Å². The average molecular weight is 182 g/mol. The highest BCUT2D eigenvalue weighted by molar-refractivity contribution is 7.71. The van der Waals surface area contributed by atoms with Crippen molar-refractivity contribution in [2.75, 3.05) is 7.05 Å². The van der Waals surface area contributed by atoms with E-state index in [0.29, 0.717) is 6.54 Å². The lowest BCUT2D eigenvalue weighted by molar-refractivity contribution is -0.121. The van der Waals surface area contributed by atoms with Crippen LogP contribution in [0.4, 0.5) is 0 Å². The zero-order chi connectivity index (χ0) is 8.97. The maximum Gasteiger partial charge on any atom is 0.239 e. The molecule has 0 aromatic carbocycles. The first-order chi connectivity index (χ1) is 5.72. The number of amides is 1. The van der Waals surface area contributed by atoms with Crippen molar-refractivity contribution in [1.82, 2.24) is 9.88 Å². The van der Waals surface area contributed by atoms with Gasteiger partial charge in [0.05, 0.1) is 0 Å². The van der Waals surface area contributed by atoms with Crippen LogP contribution in [0.15, 0.2) is 24.5 Å². The minimum absolute atomic E-state index is 0.0166. The van der Waals surface area contributed by atoms with Gasteiger partial charge in [-0.15, -0.1) is 0 Å². The monoisotopic (exact) mass is 182 g/mol. The van der Waals surface area contributed by atoms with Gasteiger partial charge in [0.1, 0.15) is 6.54 Å². The summed E-state index contributed by atoms with van der Waals surface area (Å²) in [5.41, 5.74) is 0. The molecular formula is C8H10N2OS. The molecule has 1 aromatic heterocycles. The third-order valence-electron chi connectivity index (χ3n) is 1.47. The van der Waals surface area contributed by atoms with Crippen molar-refractivity contribution in [3.8, 4) is 0 Å². The minimum atomic E-state index is -0.0166. The Morgan fingerprint density at radius 1 is 1.58 bits per heavy atom. The first-order valence-corrected chi connectivity index (χ1v) is 4.00. The van der Waals surface area contributed by atoms with Crippen LogP contribution in [0.25, 0.3) is 0 Å². The normalized spacial score (nSPS) is 9.42. The Kier molecular flexibility index (Phi) is 2.99. The van der Waals surface area contributed by atoms with Gasteiger partial charge in [-0.25, -0.2) is 0 Å². The molecule has 1 N–H and O–H groups in total. The Morgan fingerprint density at radius 2 is 2.17 bits per heavy atom. The average Bonchev–Trinajstić information content (AvgIpc) is 2.09. The number of aromatic nitrogens is 1. The number of hydrogen-bond acceptors (Lipinski definition) is 2. The molecule has 1 aromatic rings. The molecule has 0 saturated heterocycles. The lowest BCUT2D eigenvalue weighted by atomic mass is 10.4. The summed E-state index contributed by atoms with van der Waals surface area (Å²) in [4.78, 5) is 10.9. The molecule has 64 valence electrons. The number of carbonyl (C=O) groups is 1. The molecule has 0 fully saturated rings. The highest BCUT2D eigenvalue weighted by Gasteiger charge is 1.95. The molecule has 0 spiro atoms. The predicted octanol–water partition coefficient (Wildman–Crippen LogP) is 0.964. The second kappa shape index (κ2) is 4.01. The van der Waals surface area contributed by atoms with Gasteiger partial charge < -0.3 is 9.88 Å². The van der Waals surface area contributed by atoms with Crippen LogP contribution >= 0.6 is 12.2 Å². The molecule has 0 atom stereocenters. The molecule has 3 nitrogen and oxygen atoms in total. The lowest BCUT2D eigenvalue weighted by Crippen LogP contribution is -2.23. The highest BCUT2D eigenvalue weighted by Crippen LogP contribution is 1.91. The third kappa shape index (κ3) is 2.47. The first-order valence-electron chi connectivity index (χ1n) is 3.59. The Balaban J connectivity index is 2.71. The van der Waals surface area contributed by atoms with E-state index in [1.165, 1.54) is 0 Å². The summed E-state index contributed by atoms with van der Waals surface area (Å²) in [6, 6.07) is 3.58. The second-order valence-electron chi connectivity index (χ2n) is 2.38. The summed E-state index contributed by atoms with van der Waals surface area (Å²) in [6.45, 7) is 0.339. The van der Waals surface area contributed by atoms with Crippen molar-refractivity contribution >= 4 is 18.1 Å². The molecule has 0 unspecified atom stereocenters. The van der Waals surface area contributed by atoms with E-state index in [2.05, 4.69) is 5.32 Å². The molecule has 12 heavy (non-hydrogen) atoms. The van der Waals surface area contributed by atoms with E-state index in [9.17, 15) is 4.79 Å². The predicted molar refractivity (Wildman–Crippen MR) is 49.3 cm³/mol. The van der Waals surface area contributed by atoms with E-state index in [0.717, 1.165) is 4.51 Å². The van der Waals surface area contributed by atoms with Crippen LogP contribution in [0.1, 0.15) is 0 Å². The Labute approximate surface area is 76.0 Å². The van der Waals surface area contributed by atoms with Gasteiger partial charge in [0, 0.05) is 24.0 Å². The van der Waals surface area contributed by atoms with Crippen LogP contribution in [-0.2, 0) is 11.3 Å². The minimum Gasteiger partial charge on any atom is -0.358 e. The maximum atomic E-state index is 10.9. The zero-order valence-electron chi connectivity index (χ0n) is 6.78. The fourth-order valence-corrected chi connectivity index (χ4v) is 0.916. The fourth-order valence-electron chi connectivity index (χ4n) is 0.794. The van der Waals surface area contributed by atoms with Crippen LogP contribution in [0.2, 0.25) is 0 Å². The summed E-state index contributed by atoms with van der Waals surface area (Å²) in [6.07, 6.45) is 3.58. The molecule has 1 rings (SSSR count). The quantitative estimate of drug-likeness (QED) is 0.691. The van der Waals surface area contributed by atoms with E-state index in [4.69, 9.17) is 12.2 Å². The van der Waals surface area contributed by atoms with Crippen molar-refractivity contribution in [2.45, 2.75) is 6.54 Å². The first kappa shape index (κ1) is 8.93. The van der Waals surface area contributed by atoms with Gasteiger partial charge in [-0.1, -0.05) is 12.2 Å². The lowest BCUT2D eigenvalue weighted by Gasteiger charge is -2.03. The molecule has 1 amide bonds. The molecule has 0 aliphatic rings. The van der Waals surface area contributed by atoms with Gasteiger partial charge in [-0.3, -0.25) is 4.79 Å². The number of likely N-dealkylation sites (N-methyl/N-ethyl adjacent to an activating group) is 1. The summed E-state index contributed by atoms with van der Waals surface area (Å²) < 4.78 is 2.55. The van der Waals surface area contributed by atoms with E-state index in [1.54, 1.807) is 36.1 Å².